The van der Waals surface area contributed by atoms with E-state index in [4.69, 9.17) is 0 Å². The molecule has 0 bridgehead atoms. The first kappa shape index (κ1) is 11.0. The lowest BCUT2D eigenvalue weighted by Gasteiger charge is -2.24. The zero-order chi connectivity index (χ0) is 12.4. The van der Waals surface area contributed by atoms with Gasteiger partial charge >= 0.3 is 0 Å². The predicted molar refractivity (Wildman–Crippen MR) is 67.1 cm³/mol. The predicted octanol–water partition coefficient (Wildman–Crippen LogP) is 1.86. The van der Waals surface area contributed by atoms with Gasteiger partial charge in [0.2, 0.25) is 11.9 Å². The highest BCUT2D eigenvalue weighted by atomic mass is 16.2. The monoisotopic (exact) mass is 242 g/mol. The summed E-state index contributed by atoms with van der Waals surface area (Å²) in [6, 6.07) is 8.15. The van der Waals surface area contributed by atoms with Gasteiger partial charge in [-0.1, -0.05) is 24.3 Å². The third-order valence-electron chi connectivity index (χ3n) is 3.34. The van der Waals surface area contributed by atoms with Crippen molar-refractivity contribution in [1.82, 2.24) is 15.2 Å². The molecule has 0 saturated carbocycles. The van der Waals surface area contributed by atoms with E-state index in [2.05, 4.69) is 26.6 Å². The summed E-state index contributed by atoms with van der Waals surface area (Å²) in [4.78, 5) is 16.1. The molecule has 1 aromatic carbocycles. The number of fused-ring (bicyclic) bond motifs is 1. The fourth-order valence-corrected chi connectivity index (χ4v) is 2.50. The van der Waals surface area contributed by atoms with Crippen molar-refractivity contribution in [3.8, 4) is 0 Å². The van der Waals surface area contributed by atoms with Gasteiger partial charge in [-0.2, -0.15) is 10.1 Å². The molecule has 0 unspecified atom stereocenters. The molecule has 1 heterocycles. The summed E-state index contributed by atoms with van der Waals surface area (Å²) in [5, 5.41) is 9.12. The van der Waals surface area contributed by atoms with E-state index < -0.39 is 0 Å². The average molecular weight is 242 g/mol. The van der Waals surface area contributed by atoms with Crippen molar-refractivity contribution in [3.63, 3.8) is 0 Å². The van der Waals surface area contributed by atoms with E-state index in [9.17, 15) is 4.79 Å². The summed E-state index contributed by atoms with van der Waals surface area (Å²) in [7, 11) is 0. The Labute approximate surface area is 105 Å². The van der Waals surface area contributed by atoms with Crippen molar-refractivity contribution in [3.05, 3.63) is 41.7 Å². The van der Waals surface area contributed by atoms with Crippen molar-refractivity contribution in [2.75, 3.05) is 5.32 Å². The lowest BCUT2D eigenvalue weighted by Crippen LogP contribution is -2.25. The van der Waals surface area contributed by atoms with Gasteiger partial charge in [-0.05, 0) is 30.4 Å². The van der Waals surface area contributed by atoms with E-state index >= 15 is 0 Å². The summed E-state index contributed by atoms with van der Waals surface area (Å²) in [5.41, 5.74) is 2.42. The van der Waals surface area contributed by atoms with Gasteiger partial charge in [0.25, 0.3) is 0 Å². The van der Waals surface area contributed by atoms with Crippen LogP contribution in [-0.2, 0) is 11.2 Å². The Kier molecular flexibility index (Phi) is 2.80. The van der Waals surface area contributed by atoms with E-state index in [0.717, 1.165) is 24.8 Å². The van der Waals surface area contributed by atoms with Crippen molar-refractivity contribution >= 4 is 11.9 Å². The molecule has 0 spiro atoms. The molecular weight excluding hydrogens is 228 g/mol. The molecule has 92 valence electrons. The highest BCUT2D eigenvalue weighted by Crippen LogP contribution is 2.31. The van der Waals surface area contributed by atoms with Gasteiger partial charge in [0, 0.05) is 0 Å². The van der Waals surface area contributed by atoms with Crippen LogP contribution in [0.5, 0.6) is 0 Å². The lowest BCUT2D eigenvalue weighted by molar-refractivity contribution is -0.117. The summed E-state index contributed by atoms with van der Waals surface area (Å²) >= 11 is 0. The van der Waals surface area contributed by atoms with E-state index in [0.29, 0.717) is 5.95 Å². The molecule has 18 heavy (non-hydrogen) atoms. The maximum atomic E-state index is 12.2. The van der Waals surface area contributed by atoms with Crippen LogP contribution in [0.4, 0.5) is 5.95 Å². The molecule has 1 atom stereocenters. The second-order valence-corrected chi connectivity index (χ2v) is 4.47. The second kappa shape index (κ2) is 4.60. The maximum Gasteiger partial charge on any atom is 0.234 e. The number of nitrogens with one attached hydrogen (secondary N) is 2. The highest BCUT2D eigenvalue weighted by molar-refractivity contribution is 5.94. The Morgan fingerprint density at radius 2 is 2.28 bits per heavy atom. The van der Waals surface area contributed by atoms with Gasteiger partial charge in [0.1, 0.15) is 6.33 Å². The standard InChI is InChI=1S/C13H14N4O/c18-12(16-13-14-8-15-17-13)11-7-3-5-9-4-1-2-6-10(9)11/h1-2,4,6,8,11H,3,5,7H2,(H2,14,15,16,17,18)/t11-/m0/s1. The molecule has 1 amide bonds. The summed E-state index contributed by atoms with van der Waals surface area (Å²) < 4.78 is 0. The lowest BCUT2D eigenvalue weighted by atomic mass is 9.82. The Morgan fingerprint density at radius 1 is 1.39 bits per heavy atom. The number of carbonyl (C=O) groups is 1. The van der Waals surface area contributed by atoms with Gasteiger partial charge in [-0.25, -0.2) is 5.10 Å². The molecule has 2 aromatic rings. The van der Waals surface area contributed by atoms with Crippen LogP contribution in [0.2, 0.25) is 0 Å². The van der Waals surface area contributed by atoms with Crippen LogP contribution in [0.3, 0.4) is 0 Å². The first-order chi connectivity index (χ1) is 8.84. The third kappa shape index (κ3) is 1.99. The number of amides is 1. The molecule has 2 N–H and O–H groups in total. The molecule has 0 radical (unpaired) electrons. The van der Waals surface area contributed by atoms with Crippen LogP contribution in [0.1, 0.15) is 29.9 Å². The normalized spacial score (nSPS) is 18.1. The van der Waals surface area contributed by atoms with Gasteiger partial charge in [0.15, 0.2) is 0 Å². The molecule has 0 fully saturated rings. The third-order valence-corrected chi connectivity index (χ3v) is 3.34. The molecule has 3 rings (SSSR count). The minimum Gasteiger partial charge on any atom is -0.294 e. The largest absolute Gasteiger partial charge is 0.294 e. The van der Waals surface area contributed by atoms with E-state index in [-0.39, 0.29) is 11.8 Å². The zero-order valence-corrected chi connectivity index (χ0v) is 9.89. The summed E-state index contributed by atoms with van der Waals surface area (Å²) in [5.74, 6) is 0.307. The average Bonchev–Trinajstić information content (AvgIpc) is 2.91. The number of anilines is 1. The van der Waals surface area contributed by atoms with Crippen molar-refractivity contribution in [2.45, 2.75) is 25.2 Å². The summed E-state index contributed by atoms with van der Waals surface area (Å²) in [6.07, 6.45) is 4.37. The van der Waals surface area contributed by atoms with Crippen LogP contribution >= 0.6 is 0 Å². The highest BCUT2D eigenvalue weighted by Gasteiger charge is 2.26. The quantitative estimate of drug-likeness (QED) is 0.844. The topological polar surface area (TPSA) is 70.7 Å². The SMILES string of the molecule is O=C(Nc1ncn[nH]1)[C@H]1CCCc2ccccc21. The van der Waals surface area contributed by atoms with Crippen LogP contribution in [-0.4, -0.2) is 21.1 Å². The number of hydrogen-bond acceptors (Lipinski definition) is 3. The zero-order valence-electron chi connectivity index (χ0n) is 9.89. The number of aromatic nitrogens is 3. The number of benzene rings is 1. The first-order valence-corrected chi connectivity index (χ1v) is 6.08. The number of rotatable bonds is 2. The Hall–Kier alpha value is -2.17. The number of carbonyl (C=O) groups excluding carboxylic acids is 1. The van der Waals surface area contributed by atoms with Crippen molar-refractivity contribution in [2.24, 2.45) is 0 Å². The van der Waals surface area contributed by atoms with Gasteiger partial charge in [-0.15, -0.1) is 0 Å². The number of aromatic amines is 1. The Morgan fingerprint density at radius 3 is 3.11 bits per heavy atom. The number of nitrogens with zero attached hydrogens (tertiary/aromatic N) is 2. The fourth-order valence-electron chi connectivity index (χ4n) is 2.50. The Balaban J connectivity index is 1.83. The maximum absolute atomic E-state index is 12.2. The fraction of sp³-hybridized carbons (Fsp3) is 0.308. The molecule has 5 nitrogen and oxygen atoms in total. The molecule has 5 heteroatoms. The molecular formula is C13H14N4O. The molecule has 0 aliphatic heterocycles. The molecule has 1 aliphatic rings. The smallest absolute Gasteiger partial charge is 0.234 e. The van der Waals surface area contributed by atoms with E-state index in [1.165, 1.54) is 11.9 Å². The van der Waals surface area contributed by atoms with Crippen LogP contribution < -0.4 is 5.32 Å². The van der Waals surface area contributed by atoms with Crippen LogP contribution in [0.25, 0.3) is 0 Å². The minimum atomic E-state index is -0.0833. The van der Waals surface area contributed by atoms with Gasteiger partial charge in [-0.3, -0.25) is 10.1 Å². The van der Waals surface area contributed by atoms with Crippen LogP contribution in [0.15, 0.2) is 30.6 Å². The molecule has 1 aromatic heterocycles. The molecule has 1 aliphatic carbocycles. The second-order valence-electron chi connectivity index (χ2n) is 4.47. The number of H-pyrrole nitrogens is 1. The van der Waals surface area contributed by atoms with Crippen molar-refractivity contribution in [1.29, 1.82) is 0 Å². The Bertz CT molecular complexity index is 550. The van der Waals surface area contributed by atoms with Crippen molar-refractivity contribution < 1.29 is 4.79 Å². The summed E-state index contributed by atoms with van der Waals surface area (Å²) in [6.45, 7) is 0. The first-order valence-electron chi connectivity index (χ1n) is 6.08. The minimum absolute atomic E-state index is 0.0149. The van der Waals surface area contributed by atoms with Gasteiger partial charge in [0.05, 0.1) is 5.92 Å². The number of hydrogen-bond donors (Lipinski definition) is 2. The van der Waals surface area contributed by atoms with Crippen LogP contribution in [0, 0.1) is 0 Å². The van der Waals surface area contributed by atoms with E-state index in [1.807, 2.05) is 18.2 Å². The molecule has 0 saturated heterocycles. The van der Waals surface area contributed by atoms with Gasteiger partial charge < -0.3 is 0 Å². The number of aryl methyl sites for hydroxylation is 1. The van der Waals surface area contributed by atoms with E-state index in [1.54, 1.807) is 0 Å².